The highest BCUT2D eigenvalue weighted by Gasteiger charge is 2.33. The molecule has 0 fully saturated rings. The fourth-order valence-corrected chi connectivity index (χ4v) is 2.10. The number of nitrogens with one attached hydrogen (secondary N) is 1. The maximum absolute atomic E-state index is 12.2. The van der Waals surface area contributed by atoms with Gasteiger partial charge in [0, 0.05) is 0 Å². The molecular formula is C16H32N2O5. The highest BCUT2D eigenvalue weighted by Crippen LogP contribution is 2.15. The van der Waals surface area contributed by atoms with Crippen molar-refractivity contribution in [2.24, 2.45) is 5.73 Å². The van der Waals surface area contributed by atoms with Crippen LogP contribution in [0.1, 0.15) is 55.4 Å². The van der Waals surface area contributed by atoms with E-state index in [-0.39, 0.29) is 0 Å². The Kier molecular flexibility index (Phi) is 7.66. The summed E-state index contributed by atoms with van der Waals surface area (Å²) >= 11 is 0. The van der Waals surface area contributed by atoms with Crippen LogP contribution in [0.4, 0.5) is 0 Å². The molecule has 0 aromatic heterocycles. The summed E-state index contributed by atoms with van der Waals surface area (Å²) in [6, 6.07) is -2.16. The van der Waals surface area contributed by atoms with Crippen LogP contribution < -0.4 is 11.1 Å². The first kappa shape index (κ1) is 21.8. The van der Waals surface area contributed by atoms with Crippen LogP contribution in [0.2, 0.25) is 0 Å². The molecule has 4 unspecified atom stereocenters. The third kappa shape index (κ3) is 8.88. The van der Waals surface area contributed by atoms with Crippen LogP contribution in [0.25, 0.3) is 0 Å². The molecule has 0 aliphatic carbocycles. The highest BCUT2D eigenvalue weighted by molar-refractivity contribution is 5.87. The van der Waals surface area contributed by atoms with Crippen LogP contribution in [0, 0.1) is 0 Å². The highest BCUT2D eigenvalue weighted by atomic mass is 16.5. The molecule has 136 valence electrons. The van der Waals surface area contributed by atoms with Crippen LogP contribution in [0.15, 0.2) is 0 Å². The van der Waals surface area contributed by atoms with Crippen molar-refractivity contribution in [2.75, 3.05) is 0 Å². The minimum atomic E-state index is -1.19. The standard InChI is InChI=1S/C16H32N2O5/c1-9(22-15(3,4)5)11(17)13(19)18-12(14(20)21)10(2)23-16(6,7)8/h9-12H,17H2,1-8H3,(H,18,19)(H,20,21). The van der Waals surface area contributed by atoms with E-state index >= 15 is 0 Å². The number of hydrogen-bond acceptors (Lipinski definition) is 5. The van der Waals surface area contributed by atoms with Crippen molar-refractivity contribution in [1.29, 1.82) is 0 Å². The Balaban J connectivity index is 4.89. The molecule has 0 aromatic carbocycles. The van der Waals surface area contributed by atoms with E-state index in [0.717, 1.165) is 0 Å². The Hall–Kier alpha value is -1.18. The molecule has 0 aromatic rings. The van der Waals surface area contributed by atoms with Crippen LogP contribution in [-0.2, 0) is 19.1 Å². The average Bonchev–Trinajstić information content (AvgIpc) is 2.29. The predicted octanol–water partition coefficient (Wildman–Crippen LogP) is 1.29. The van der Waals surface area contributed by atoms with Crippen molar-refractivity contribution in [3.8, 4) is 0 Å². The number of carbonyl (C=O) groups is 2. The van der Waals surface area contributed by atoms with Gasteiger partial charge in [0.2, 0.25) is 5.91 Å². The van der Waals surface area contributed by atoms with Crippen LogP contribution >= 0.6 is 0 Å². The molecule has 0 spiro atoms. The molecule has 7 nitrogen and oxygen atoms in total. The van der Waals surface area contributed by atoms with E-state index in [1.807, 2.05) is 41.5 Å². The van der Waals surface area contributed by atoms with Gasteiger partial charge < -0.3 is 25.6 Å². The number of carboxylic acids is 1. The molecule has 0 radical (unpaired) electrons. The number of ether oxygens (including phenoxy) is 2. The Morgan fingerprint density at radius 3 is 1.70 bits per heavy atom. The molecular weight excluding hydrogens is 300 g/mol. The first-order valence-electron chi connectivity index (χ1n) is 7.78. The zero-order valence-electron chi connectivity index (χ0n) is 15.5. The van der Waals surface area contributed by atoms with Gasteiger partial charge in [0.05, 0.1) is 23.4 Å². The third-order valence-corrected chi connectivity index (χ3v) is 2.92. The molecule has 23 heavy (non-hydrogen) atoms. The van der Waals surface area contributed by atoms with Crippen molar-refractivity contribution in [3.63, 3.8) is 0 Å². The Morgan fingerprint density at radius 1 is 0.957 bits per heavy atom. The summed E-state index contributed by atoms with van der Waals surface area (Å²) in [6.07, 6.45) is -1.26. The topological polar surface area (TPSA) is 111 Å². The molecule has 0 rings (SSSR count). The first-order valence-corrected chi connectivity index (χ1v) is 7.78. The number of rotatable bonds is 7. The lowest BCUT2D eigenvalue weighted by molar-refractivity contribution is -0.151. The summed E-state index contributed by atoms with van der Waals surface area (Å²) in [5.41, 5.74) is 4.90. The molecule has 0 heterocycles. The third-order valence-electron chi connectivity index (χ3n) is 2.92. The molecule has 4 atom stereocenters. The van der Waals surface area contributed by atoms with Gasteiger partial charge in [-0.25, -0.2) is 4.79 Å². The number of aliphatic carboxylic acids is 1. The predicted molar refractivity (Wildman–Crippen MR) is 88.1 cm³/mol. The van der Waals surface area contributed by atoms with Crippen molar-refractivity contribution in [3.05, 3.63) is 0 Å². The summed E-state index contributed by atoms with van der Waals surface area (Å²) in [5, 5.41) is 11.8. The molecule has 0 saturated carbocycles. The summed E-state index contributed by atoms with van der Waals surface area (Å²) in [4.78, 5) is 23.6. The van der Waals surface area contributed by atoms with Gasteiger partial charge in [0.1, 0.15) is 6.04 Å². The average molecular weight is 332 g/mol. The van der Waals surface area contributed by atoms with Gasteiger partial charge >= 0.3 is 5.97 Å². The molecule has 0 aliphatic rings. The smallest absolute Gasteiger partial charge is 0.328 e. The van der Waals surface area contributed by atoms with E-state index in [4.69, 9.17) is 15.2 Å². The SMILES string of the molecule is CC(OC(C)(C)C)C(N)C(=O)NC(C(=O)O)C(C)OC(C)(C)C. The number of nitrogens with two attached hydrogens (primary N) is 1. The van der Waals surface area contributed by atoms with Gasteiger partial charge in [0.15, 0.2) is 6.04 Å². The maximum Gasteiger partial charge on any atom is 0.328 e. The summed E-state index contributed by atoms with van der Waals surface area (Å²) in [5.74, 6) is -1.76. The van der Waals surface area contributed by atoms with Crippen LogP contribution in [0.5, 0.6) is 0 Å². The molecule has 0 saturated heterocycles. The van der Waals surface area contributed by atoms with Gasteiger partial charge in [-0.15, -0.1) is 0 Å². The van der Waals surface area contributed by atoms with E-state index in [1.54, 1.807) is 13.8 Å². The Labute approximate surface area is 138 Å². The normalized spacial score (nSPS) is 18.0. The van der Waals surface area contributed by atoms with Crippen LogP contribution in [0.3, 0.4) is 0 Å². The number of carbonyl (C=O) groups excluding carboxylic acids is 1. The fourth-order valence-electron chi connectivity index (χ4n) is 2.10. The van der Waals surface area contributed by atoms with Gasteiger partial charge in [0.25, 0.3) is 0 Å². The summed E-state index contributed by atoms with van der Waals surface area (Å²) < 4.78 is 11.3. The first-order chi connectivity index (χ1) is 10.1. The van der Waals surface area contributed by atoms with Gasteiger partial charge in [-0.3, -0.25) is 4.79 Å². The van der Waals surface area contributed by atoms with Crippen LogP contribution in [-0.4, -0.2) is 52.5 Å². The number of hydrogen-bond donors (Lipinski definition) is 3. The van der Waals surface area contributed by atoms with Gasteiger partial charge in [-0.2, -0.15) is 0 Å². The molecule has 1 amide bonds. The lowest BCUT2D eigenvalue weighted by atomic mass is 10.1. The van der Waals surface area contributed by atoms with E-state index in [0.29, 0.717) is 0 Å². The second-order valence-corrected chi connectivity index (χ2v) is 7.72. The molecule has 4 N–H and O–H groups in total. The zero-order valence-corrected chi connectivity index (χ0v) is 15.5. The van der Waals surface area contributed by atoms with Crippen molar-refractivity contribution < 1.29 is 24.2 Å². The van der Waals surface area contributed by atoms with E-state index < -0.39 is 47.4 Å². The number of amides is 1. The minimum Gasteiger partial charge on any atom is -0.480 e. The van der Waals surface area contributed by atoms with E-state index in [1.165, 1.54) is 0 Å². The summed E-state index contributed by atoms with van der Waals surface area (Å²) in [6.45, 7) is 14.3. The summed E-state index contributed by atoms with van der Waals surface area (Å²) in [7, 11) is 0. The quantitative estimate of drug-likeness (QED) is 0.648. The van der Waals surface area contributed by atoms with E-state index in [2.05, 4.69) is 5.32 Å². The van der Waals surface area contributed by atoms with Gasteiger partial charge in [-0.1, -0.05) is 0 Å². The van der Waals surface area contributed by atoms with Crippen molar-refractivity contribution in [1.82, 2.24) is 5.32 Å². The Bertz CT molecular complexity index is 412. The Morgan fingerprint density at radius 2 is 1.35 bits per heavy atom. The molecule has 0 bridgehead atoms. The lowest BCUT2D eigenvalue weighted by Crippen LogP contribution is -2.57. The number of carboxylic acid groups (broad SMARTS) is 1. The lowest BCUT2D eigenvalue weighted by Gasteiger charge is -2.31. The van der Waals surface area contributed by atoms with Crippen molar-refractivity contribution in [2.45, 2.75) is 90.9 Å². The fraction of sp³-hybridized carbons (Fsp3) is 0.875. The van der Waals surface area contributed by atoms with E-state index in [9.17, 15) is 14.7 Å². The molecule has 7 heteroatoms. The molecule has 0 aliphatic heterocycles. The largest absolute Gasteiger partial charge is 0.480 e. The zero-order chi connectivity index (χ0) is 18.6. The maximum atomic E-state index is 12.2. The monoisotopic (exact) mass is 332 g/mol. The van der Waals surface area contributed by atoms with Crippen molar-refractivity contribution >= 4 is 11.9 Å². The second-order valence-electron chi connectivity index (χ2n) is 7.72. The minimum absolute atomic E-state index is 0.452. The second kappa shape index (κ2) is 8.08. The van der Waals surface area contributed by atoms with Gasteiger partial charge in [-0.05, 0) is 55.4 Å².